The summed E-state index contributed by atoms with van der Waals surface area (Å²) in [7, 11) is 5.30. The average molecular weight is 820 g/mol. The molecule has 3 heterocycles. The van der Waals surface area contributed by atoms with Crippen molar-refractivity contribution < 1.29 is 58.7 Å². The van der Waals surface area contributed by atoms with Crippen LogP contribution in [0.4, 0.5) is 0 Å². The van der Waals surface area contributed by atoms with Crippen LogP contribution in [-0.4, -0.2) is 166 Å². The Kier molecular flexibility index (Phi) is 17.1. The molecule has 3 fully saturated rings. The zero-order valence-electron chi connectivity index (χ0n) is 37.9. The Morgan fingerprint density at radius 3 is 2.12 bits per heavy atom. The SMILES string of the molecule is CC[C@H]1OC(=O)[C@H](C)[C@@H](O[C@H]2C[C@@](C)(OC)[C@](O)(CNC(C)(C)C)[C@H](C)O2)[C@H](C)[C@@H](O[C@@H]2O[C@H](C)C[C@H](N(C)C)[C@H]2O)[C@](C)(O)C[C@@H](C)CN[C@H](C)[C@@H](O)[C@]1(C)O. The molecular weight excluding hydrogens is 738 g/mol. The van der Waals surface area contributed by atoms with Crippen molar-refractivity contribution >= 4 is 5.97 Å². The zero-order chi connectivity index (χ0) is 43.6. The molecule has 57 heavy (non-hydrogen) atoms. The molecule has 7 N–H and O–H groups in total. The standard InChI is InChI=1S/C42H81N3O12/c1-17-30-41(13,50)34(47)27(6)43-21-23(2)19-39(11,49)35(57-37-32(46)29(45(14)15)18-24(3)53-37)25(4)33(26(5)36(48)55-30)56-31-20-40(12,52-16)42(51,28(7)54-31)22-44-38(8,9)10/h23-35,37,43-44,46-47,49-51H,17-22H2,1-16H3/t23-,24-,25+,26-,27-,28+,29+,30-,31+,32-,33+,34-,35-,37+,39-,40-,41-,42+/m1/s1. The van der Waals surface area contributed by atoms with Crippen LogP contribution in [0.5, 0.6) is 0 Å². The van der Waals surface area contributed by atoms with Crippen molar-refractivity contribution in [2.75, 3.05) is 34.3 Å². The molecule has 3 saturated heterocycles. The fourth-order valence-corrected chi connectivity index (χ4v) is 9.15. The van der Waals surface area contributed by atoms with E-state index in [2.05, 4.69) is 10.6 Å². The van der Waals surface area contributed by atoms with Gasteiger partial charge in [0.1, 0.15) is 35.1 Å². The first-order valence-electron chi connectivity index (χ1n) is 21.1. The van der Waals surface area contributed by atoms with Crippen molar-refractivity contribution in [1.29, 1.82) is 0 Å². The summed E-state index contributed by atoms with van der Waals surface area (Å²) in [5.74, 6) is -2.69. The number of methoxy groups -OCH3 is 1. The highest BCUT2D eigenvalue weighted by Gasteiger charge is 2.58. The van der Waals surface area contributed by atoms with Crippen LogP contribution in [0.1, 0.15) is 116 Å². The number of hydrogen-bond acceptors (Lipinski definition) is 15. The number of nitrogens with one attached hydrogen (secondary N) is 2. The number of carbonyl (C=O) groups is 1. The molecule has 3 aliphatic rings. The van der Waals surface area contributed by atoms with Gasteiger partial charge in [0.15, 0.2) is 12.6 Å². The van der Waals surface area contributed by atoms with Gasteiger partial charge in [-0.25, -0.2) is 0 Å². The Bertz CT molecular complexity index is 1280. The number of carbonyl (C=O) groups excluding carboxylic acids is 1. The van der Waals surface area contributed by atoms with Crippen molar-refractivity contribution in [2.24, 2.45) is 17.8 Å². The number of ether oxygens (including phenoxy) is 6. The molecule has 3 rings (SSSR count). The van der Waals surface area contributed by atoms with E-state index in [0.29, 0.717) is 13.0 Å². The number of esters is 1. The predicted molar refractivity (Wildman–Crippen MR) is 216 cm³/mol. The van der Waals surface area contributed by atoms with E-state index in [1.807, 2.05) is 60.5 Å². The Balaban J connectivity index is 2.17. The van der Waals surface area contributed by atoms with E-state index in [4.69, 9.17) is 28.4 Å². The maximum atomic E-state index is 14.4. The van der Waals surface area contributed by atoms with E-state index in [0.717, 1.165) is 0 Å². The van der Waals surface area contributed by atoms with Crippen LogP contribution in [-0.2, 0) is 33.2 Å². The Hall–Kier alpha value is -1.05. The average Bonchev–Trinajstić information content (AvgIpc) is 3.11. The lowest BCUT2D eigenvalue weighted by Crippen LogP contribution is -2.71. The lowest BCUT2D eigenvalue weighted by atomic mass is 9.75. The Morgan fingerprint density at radius 1 is 0.965 bits per heavy atom. The molecule has 0 saturated carbocycles. The van der Waals surface area contributed by atoms with Crippen molar-refractivity contribution in [1.82, 2.24) is 15.5 Å². The number of β-amino-alcohol motifs (C(OH)–C–C–N with tert-alkyl or cyclic N) is 1. The molecule has 0 aromatic carbocycles. The van der Waals surface area contributed by atoms with Crippen molar-refractivity contribution in [3.8, 4) is 0 Å². The monoisotopic (exact) mass is 820 g/mol. The number of likely N-dealkylation sites (N-methyl/N-ethyl adjacent to an activating group) is 1. The summed E-state index contributed by atoms with van der Waals surface area (Å²) in [6.45, 7) is 24.1. The lowest BCUT2D eigenvalue weighted by Gasteiger charge is -2.54. The zero-order valence-corrected chi connectivity index (χ0v) is 37.9. The second-order valence-electron chi connectivity index (χ2n) is 19.6. The fraction of sp³-hybridized carbons (Fsp3) is 0.976. The third-order valence-corrected chi connectivity index (χ3v) is 13.1. The van der Waals surface area contributed by atoms with Gasteiger partial charge in [-0.1, -0.05) is 20.8 Å². The number of aliphatic hydroxyl groups excluding tert-OH is 2. The van der Waals surface area contributed by atoms with Gasteiger partial charge in [0.25, 0.3) is 0 Å². The van der Waals surface area contributed by atoms with E-state index >= 15 is 0 Å². The first-order chi connectivity index (χ1) is 26.0. The van der Waals surface area contributed by atoms with Gasteiger partial charge in [-0.15, -0.1) is 0 Å². The number of nitrogens with zero attached hydrogens (tertiary/aromatic N) is 1. The van der Waals surface area contributed by atoms with Gasteiger partial charge in [-0.2, -0.15) is 0 Å². The summed E-state index contributed by atoms with van der Waals surface area (Å²) < 4.78 is 38.4. The van der Waals surface area contributed by atoms with Gasteiger partial charge in [0, 0.05) is 43.6 Å². The smallest absolute Gasteiger partial charge is 0.311 e. The van der Waals surface area contributed by atoms with Gasteiger partial charge in [-0.05, 0) is 115 Å². The summed E-state index contributed by atoms with van der Waals surface area (Å²) >= 11 is 0. The largest absolute Gasteiger partial charge is 0.459 e. The molecule has 0 aliphatic carbocycles. The maximum Gasteiger partial charge on any atom is 0.311 e. The molecule has 0 unspecified atom stereocenters. The molecule has 18 atom stereocenters. The van der Waals surface area contributed by atoms with E-state index < -0.39 is 95.5 Å². The third kappa shape index (κ3) is 11.7. The highest BCUT2D eigenvalue weighted by atomic mass is 16.7. The van der Waals surface area contributed by atoms with E-state index in [9.17, 15) is 30.3 Å². The van der Waals surface area contributed by atoms with Crippen molar-refractivity contribution in [2.45, 2.75) is 211 Å². The summed E-state index contributed by atoms with van der Waals surface area (Å²) in [4.78, 5) is 16.3. The molecule has 0 bridgehead atoms. The van der Waals surface area contributed by atoms with Crippen LogP contribution in [0, 0.1) is 17.8 Å². The Morgan fingerprint density at radius 2 is 1.58 bits per heavy atom. The molecule has 15 heteroatoms. The highest BCUT2D eigenvalue weighted by molar-refractivity contribution is 5.73. The molecule has 0 amide bonds. The summed E-state index contributed by atoms with van der Waals surface area (Å²) in [6, 6.07) is -0.884. The van der Waals surface area contributed by atoms with Crippen LogP contribution < -0.4 is 10.6 Å². The van der Waals surface area contributed by atoms with Crippen molar-refractivity contribution in [3.63, 3.8) is 0 Å². The van der Waals surface area contributed by atoms with Gasteiger partial charge in [0.05, 0.1) is 35.9 Å². The number of aliphatic hydroxyl groups is 5. The molecule has 3 aliphatic heterocycles. The first kappa shape index (κ1) is 50.3. The van der Waals surface area contributed by atoms with Gasteiger partial charge in [-0.3, -0.25) is 4.79 Å². The van der Waals surface area contributed by atoms with Crippen LogP contribution in [0.15, 0.2) is 0 Å². The molecule has 0 spiro atoms. The number of cyclic esters (lactones) is 1. The normalized spacial score (nSPS) is 47.6. The molecule has 0 aromatic rings. The predicted octanol–water partition coefficient (Wildman–Crippen LogP) is 2.32. The number of rotatable bonds is 9. The van der Waals surface area contributed by atoms with Gasteiger partial charge >= 0.3 is 5.97 Å². The first-order valence-corrected chi connectivity index (χ1v) is 21.1. The quantitative estimate of drug-likeness (QED) is 0.167. The number of hydrogen-bond donors (Lipinski definition) is 7. The third-order valence-electron chi connectivity index (χ3n) is 13.1. The van der Waals surface area contributed by atoms with Gasteiger partial charge < -0.3 is 69.5 Å². The van der Waals surface area contributed by atoms with Crippen LogP contribution in [0.25, 0.3) is 0 Å². The van der Waals surface area contributed by atoms with E-state index in [-0.39, 0.29) is 49.4 Å². The van der Waals surface area contributed by atoms with Crippen molar-refractivity contribution in [3.05, 3.63) is 0 Å². The van der Waals surface area contributed by atoms with E-state index in [1.54, 1.807) is 41.5 Å². The van der Waals surface area contributed by atoms with Crippen LogP contribution >= 0.6 is 0 Å². The minimum Gasteiger partial charge on any atom is -0.459 e. The second kappa shape index (κ2) is 19.3. The summed E-state index contributed by atoms with van der Waals surface area (Å²) in [6.07, 6.45) is -7.69. The molecule has 0 radical (unpaired) electrons. The highest BCUT2D eigenvalue weighted by Crippen LogP contribution is 2.43. The molecule has 0 aromatic heterocycles. The fourth-order valence-electron chi connectivity index (χ4n) is 9.15. The minimum atomic E-state index is -1.82. The Labute approximate surface area is 342 Å². The molecular formula is C42H81N3O12. The summed E-state index contributed by atoms with van der Waals surface area (Å²) in [5, 5.41) is 66.1. The molecule has 15 nitrogen and oxygen atoms in total. The van der Waals surface area contributed by atoms with Crippen LogP contribution in [0.2, 0.25) is 0 Å². The lowest BCUT2D eigenvalue weighted by molar-refractivity contribution is -0.336. The summed E-state index contributed by atoms with van der Waals surface area (Å²) in [5.41, 5.74) is -6.34. The second-order valence-corrected chi connectivity index (χ2v) is 19.6. The topological polar surface area (TPSA) is 201 Å². The van der Waals surface area contributed by atoms with E-state index in [1.165, 1.54) is 14.0 Å². The minimum absolute atomic E-state index is 0.0780. The van der Waals surface area contributed by atoms with Crippen LogP contribution in [0.3, 0.4) is 0 Å². The maximum absolute atomic E-state index is 14.4. The van der Waals surface area contributed by atoms with Gasteiger partial charge in [0.2, 0.25) is 0 Å². The molecule has 336 valence electrons.